The monoisotopic (exact) mass is 504 g/mol. The van der Waals surface area contributed by atoms with E-state index in [1.165, 1.54) is 55.3 Å². The van der Waals surface area contributed by atoms with Crippen molar-refractivity contribution in [1.29, 1.82) is 0 Å². The predicted octanol–water partition coefficient (Wildman–Crippen LogP) is 6.43. The zero-order valence-corrected chi connectivity index (χ0v) is 22.2. The molecule has 5 nitrogen and oxygen atoms in total. The number of rotatable bonds is 6. The van der Waals surface area contributed by atoms with Crippen LogP contribution in [0.5, 0.6) is 0 Å². The van der Waals surface area contributed by atoms with Crippen molar-refractivity contribution in [3.05, 3.63) is 59.1 Å². The molecule has 190 valence electrons. The van der Waals surface area contributed by atoms with Gasteiger partial charge in [-0.25, -0.2) is 9.97 Å². The van der Waals surface area contributed by atoms with Crippen molar-refractivity contribution in [2.75, 3.05) is 19.8 Å². The van der Waals surface area contributed by atoms with Gasteiger partial charge in [0.05, 0.1) is 25.1 Å². The van der Waals surface area contributed by atoms with E-state index in [2.05, 4.69) is 53.2 Å². The molecule has 0 bridgehead atoms. The van der Waals surface area contributed by atoms with Gasteiger partial charge in [-0.1, -0.05) is 37.6 Å². The van der Waals surface area contributed by atoms with Crippen LogP contribution in [0.1, 0.15) is 75.6 Å². The Balaban J connectivity index is 1.08. The minimum Gasteiger partial charge on any atom is -0.377 e. The third-order valence-corrected chi connectivity index (χ3v) is 10.6. The average Bonchev–Trinajstić information content (AvgIpc) is 3.32. The van der Waals surface area contributed by atoms with Crippen molar-refractivity contribution in [3.63, 3.8) is 0 Å². The smallest absolute Gasteiger partial charge is 0.162 e. The van der Waals surface area contributed by atoms with Crippen molar-refractivity contribution in [1.82, 2.24) is 19.9 Å². The second kappa shape index (κ2) is 8.54. The Bertz CT molecular complexity index is 1210. The quantitative estimate of drug-likeness (QED) is 0.420. The highest BCUT2D eigenvalue weighted by Gasteiger charge is 2.64. The molecule has 4 heterocycles. The van der Waals surface area contributed by atoms with Crippen LogP contribution in [0.15, 0.2) is 42.9 Å². The van der Waals surface area contributed by atoms with E-state index in [4.69, 9.17) is 21.3 Å². The average molecular weight is 505 g/mol. The van der Waals surface area contributed by atoms with Gasteiger partial charge in [0.15, 0.2) is 5.82 Å². The van der Waals surface area contributed by atoms with Gasteiger partial charge in [0.1, 0.15) is 0 Å². The SMILES string of the molecule is CCC1C2CC2(C)C(C2CCC(CNC3(c4ccc(Cl)cc4)COC3)CC2)c2c3ccnc-3ncn21. The molecule has 0 aromatic heterocycles. The molecule has 1 aromatic rings. The van der Waals surface area contributed by atoms with E-state index in [0.717, 1.165) is 48.4 Å². The van der Waals surface area contributed by atoms with Crippen LogP contribution in [-0.2, 0) is 10.3 Å². The van der Waals surface area contributed by atoms with Gasteiger partial charge in [-0.3, -0.25) is 0 Å². The Morgan fingerprint density at radius 2 is 1.86 bits per heavy atom. The lowest BCUT2D eigenvalue weighted by Crippen LogP contribution is -2.58. The molecule has 3 fully saturated rings. The molecule has 1 N–H and O–H groups in total. The topological polar surface area (TPSA) is 52.0 Å². The van der Waals surface area contributed by atoms with Crippen LogP contribution in [0, 0.1) is 23.2 Å². The molecule has 1 aromatic carbocycles. The maximum Gasteiger partial charge on any atom is 0.162 e. The first-order valence-electron chi connectivity index (χ1n) is 13.9. The molecule has 1 saturated heterocycles. The van der Waals surface area contributed by atoms with Gasteiger partial charge >= 0.3 is 0 Å². The van der Waals surface area contributed by atoms with Crippen LogP contribution in [0.2, 0.25) is 5.02 Å². The molecule has 0 spiro atoms. The van der Waals surface area contributed by atoms with Crippen molar-refractivity contribution in [2.24, 2.45) is 23.2 Å². The highest BCUT2D eigenvalue weighted by Crippen LogP contribution is 2.71. The molecule has 36 heavy (non-hydrogen) atoms. The number of nitrogens with one attached hydrogen (secondary N) is 1. The highest BCUT2D eigenvalue weighted by atomic mass is 35.5. The van der Waals surface area contributed by atoms with Crippen LogP contribution in [0.4, 0.5) is 0 Å². The lowest BCUT2D eigenvalue weighted by Gasteiger charge is -2.46. The minimum atomic E-state index is -0.0480. The van der Waals surface area contributed by atoms with Gasteiger partial charge in [-0.15, -0.1) is 0 Å². The number of hydrogen-bond acceptors (Lipinski definition) is 4. The molecule has 6 heteroatoms. The summed E-state index contributed by atoms with van der Waals surface area (Å²) in [6.45, 7) is 7.48. The second-order valence-electron chi connectivity index (χ2n) is 12.2. The van der Waals surface area contributed by atoms with Gasteiger partial charge in [0.2, 0.25) is 0 Å². The third-order valence-electron chi connectivity index (χ3n) is 10.3. The lowest BCUT2D eigenvalue weighted by molar-refractivity contribution is -0.0807. The van der Waals surface area contributed by atoms with E-state index < -0.39 is 0 Å². The van der Waals surface area contributed by atoms with E-state index in [1.807, 2.05) is 18.3 Å². The molecule has 7 rings (SSSR count). The number of fused-ring (bicyclic) bond motifs is 4. The van der Waals surface area contributed by atoms with Crippen molar-refractivity contribution >= 4 is 11.6 Å². The number of ether oxygens (including phenoxy) is 1. The summed E-state index contributed by atoms with van der Waals surface area (Å²) < 4.78 is 8.22. The van der Waals surface area contributed by atoms with Gasteiger partial charge < -0.3 is 14.6 Å². The summed E-state index contributed by atoms with van der Waals surface area (Å²) in [5.74, 6) is 3.82. The third kappa shape index (κ3) is 3.49. The standard InChI is InChI=1S/C30H37ClN4O/c1-3-25-24-14-29(24,2)26(27-23-12-13-32-28(23)33-18-35(25)27)20-6-4-19(5-7-20)15-34-30(16-36-17-30)21-8-10-22(31)11-9-21/h8-13,18-20,24-26,34H,3-7,14-17H2,1-2H3. The summed E-state index contributed by atoms with van der Waals surface area (Å²) in [5.41, 5.74) is 4.51. The van der Waals surface area contributed by atoms with Crippen LogP contribution in [0.3, 0.4) is 0 Å². The summed E-state index contributed by atoms with van der Waals surface area (Å²) in [6, 6.07) is 11.1. The highest BCUT2D eigenvalue weighted by molar-refractivity contribution is 6.30. The van der Waals surface area contributed by atoms with Crippen LogP contribution in [-0.4, -0.2) is 34.3 Å². The van der Waals surface area contributed by atoms with Gasteiger partial charge in [-0.2, -0.15) is 0 Å². The van der Waals surface area contributed by atoms with Crippen LogP contribution in [0.25, 0.3) is 11.4 Å². The molecule has 2 saturated carbocycles. The molecule has 4 unspecified atom stereocenters. The normalized spacial score (nSPS) is 34.6. The van der Waals surface area contributed by atoms with Crippen molar-refractivity contribution in [3.8, 4) is 11.4 Å². The largest absolute Gasteiger partial charge is 0.377 e. The van der Waals surface area contributed by atoms with E-state index in [1.54, 1.807) is 0 Å². The second-order valence-corrected chi connectivity index (χ2v) is 12.7. The number of hydrogen-bond donors (Lipinski definition) is 1. The van der Waals surface area contributed by atoms with E-state index in [0.29, 0.717) is 17.4 Å². The zero-order chi connectivity index (χ0) is 24.5. The molecule has 0 radical (unpaired) electrons. The van der Waals surface area contributed by atoms with Crippen LogP contribution < -0.4 is 5.32 Å². The minimum absolute atomic E-state index is 0.0480. The maximum atomic E-state index is 6.14. The Labute approximate surface area is 219 Å². The number of nitrogens with zero attached hydrogens (tertiary/aromatic N) is 3. The number of aromatic nitrogens is 3. The number of benzene rings is 1. The van der Waals surface area contributed by atoms with Gasteiger partial charge in [-0.05, 0) is 92.0 Å². The molecule has 6 aliphatic rings. The first kappa shape index (κ1) is 23.2. The fourth-order valence-corrected chi connectivity index (χ4v) is 8.27. The Morgan fingerprint density at radius 3 is 2.56 bits per heavy atom. The molecular formula is C30H37ClN4O. The summed E-state index contributed by atoms with van der Waals surface area (Å²) in [7, 11) is 0. The summed E-state index contributed by atoms with van der Waals surface area (Å²) >= 11 is 6.14. The summed E-state index contributed by atoms with van der Waals surface area (Å²) in [5, 5.41) is 4.71. The van der Waals surface area contributed by atoms with Gasteiger partial charge in [0.25, 0.3) is 0 Å². The van der Waals surface area contributed by atoms with E-state index in [9.17, 15) is 0 Å². The molecule has 4 atom stereocenters. The van der Waals surface area contributed by atoms with E-state index in [-0.39, 0.29) is 5.54 Å². The molecule has 2 aliphatic carbocycles. The predicted molar refractivity (Wildman–Crippen MR) is 142 cm³/mol. The fourth-order valence-electron chi connectivity index (χ4n) is 8.15. The maximum absolute atomic E-state index is 6.14. The number of halogens is 1. The summed E-state index contributed by atoms with van der Waals surface area (Å²) in [4.78, 5) is 9.31. The Kier molecular flexibility index (Phi) is 5.50. The summed E-state index contributed by atoms with van der Waals surface area (Å²) in [6.07, 6.45) is 11.8. The first-order valence-corrected chi connectivity index (χ1v) is 14.3. The van der Waals surface area contributed by atoms with Crippen molar-refractivity contribution in [2.45, 2.75) is 69.9 Å². The van der Waals surface area contributed by atoms with Crippen molar-refractivity contribution < 1.29 is 4.74 Å². The fraction of sp³-hybridized carbons (Fsp3) is 0.600. The molecule has 0 amide bonds. The lowest BCUT2D eigenvalue weighted by atomic mass is 9.66. The molecular weight excluding hydrogens is 468 g/mol. The molecule has 4 aliphatic heterocycles. The van der Waals surface area contributed by atoms with Gasteiger partial charge in [0, 0.05) is 34.4 Å². The Morgan fingerprint density at radius 1 is 1.08 bits per heavy atom. The van der Waals surface area contributed by atoms with Crippen LogP contribution >= 0.6 is 11.6 Å². The first-order chi connectivity index (χ1) is 17.5. The Hall–Kier alpha value is -1.95. The van der Waals surface area contributed by atoms with E-state index >= 15 is 0 Å². The zero-order valence-electron chi connectivity index (χ0n) is 21.4.